The third-order valence-electron chi connectivity index (χ3n) is 2.65. The summed E-state index contributed by atoms with van der Waals surface area (Å²) in [5.74, 6) is -2.39. The maximum atomic E-state index is 14.1. The Labute approximate surface area is 121 Å². The van der Waals surface area contributed by atoms with E-state index in [2.05, 4.69) is 9.97 Å². The monoisotopic (exact) mass is 316 g/mol. The average molecular weight is 317 g/mol. The molecule has 0 fully saturated rings. The number of amides is 1. The first-order valence-corrected chi connectivity index (χ1v) is 5.89. The first-order chi connectivity index (χ1) is 9.82. The maximum absolute atomic E-state index is 14.1. The fourth-order valence-electron chi connectivity index (χ4n) is 1.71. The summed E-state index contributed by atoms with van der Waals surface area (Å²) in [7, 11) is 0. The van der Waals surface area contributed by atoms with Gasteiger partial charge in [-0.2, -0.15) is 0 Å². The second-order valence-corrected chi connectivity index (χ2v) is 4.39. The Morgan fingerprint density at radius 3 is 2.57 bits per heavy atom. The molecule has 4 N–H and O–H groups in total. The van der Waals surface area contributed by atoms with Gasteiger partial charge < -0.3 is 11.5 Å². The lowest BCUT2D eigenvalue weighted by Gasteiger charge is -2.11. The Hall–Kier alpha value is -2.35. The molecular weight excluding hydrogens is 309 g/mol. The van der Waals surface area contributed by atoms with Crippen LogP contribution in [0.4, 0.5) is 19.0 Å². The van der Waals surface area contributed by atoms with Crippen molar-refractivity contribution >= 4 is 23.3 Å². The van der Waals surface area contributed by atoms with Gasteiger partial charge in [0.2, 0.25) is 0 Å². The molecular formula is C12H8ClF3N4O. The lowest BCUT2D eigenvalue weighted by atomic mass is 10.0. The van der Waals surface area contributed by atoms with Crippen LogP contribution in [0, 0.1) is 5.82 Å². The molecule has 0 aliphatic rings. The van der Waals surface area contributed by atoms with Gasteiger partial charge in [0.25, 0.3) is 12.3 Å². The molecule has 9 heteroatoms. The van der Waals surface area contributed by atoms with E-state index in [9.17, 15) is 18.0 Å². The van der Waals surface area contributed by atoms with Gasteiger partial charge in [-0.15, -0.1) is 0 Å². The molecule has 0 aliphatic heterocycles. The molecule has 1 aromatic carbocycles. The molecule has 0 radical (unpaired) electrons. The minimum absolute atomic E-state index is 0.285. The van der Waals surface area contributed by atoms with Crippen LogP contribution in [0.3, 0.4) is 0 Å². The van der Waals surface area contributed by atoms with Crippen LogP contribution in [0.5, 0.6) is 0 Å². The summed E-state index contributed by atoms with van der Waals surface area (Å²) in [5.41, 5.74) is 8.50. The van der Waals surface area contributed by atoms with Crippen molar-refractivity contribution in [2.45, 2.75) is 6.43 Å². The van der Waals surface area contributed by atoms with Crippen LogP contribution in [0.15, 0.2) is 18.3 Å². The van der Waals surface area contributed by atoms with Crippen LogP contribution >= 0.6 is 11.6 Å². The predicted molar refractivity (Wildman–Crippen MR) is 70.3 cm³/mol. The van der Waals surface area contributed by atoms with Gasteiger partial charge in [0.1, 0.15) is 0 Å². The number of hydrogen-bond acceptors (Lipinski definition) is 4. The fraction of sp³-hybridized carbons (Fsp3) is 0.0833. The van der Waals surface area contributed by atoms with Gasteiger partial charge in [-0.3, -0.25) is 4.79 Å². The number of rotatable bonds is 3. The largest absolute Gasteiger partial charge is 0.382 e. The number of carbonyl (C=O) groups excluding carboxylic acids is 1. The number of halogens is 4. The van der Waals surface area contributed by atoms with Gasteiger partial charge in [-0.25, -0.2) is 23.1 Å². The van der Waals surface area contributed by atoms with E-state index < -0.39 is 35.0 Å². The van der Waals surface area contributed by atoms with Gasteiger partial charge in [0.15, 0.2) is 17.3 Å². The van der Waals surface area contributed by atoms with Crippen LogP contribution in [0.2, 0.25) is 5.02 Å². The molecule has 1 aromatic heterocycles. The van der Waals surface area contributed by atoms with E-state index >= 15 is 0 Å². The highest BCUT2D eigenvalue weighted by Crippen LogP contribution is 2.35. The summed E-state index contributed by atoms with van der Waals surface area (Å²) >= 11 is 5.59. The Morgan fingerprint density at radius 1 is 1.33 bits per heavy atom. The molecule has 0 saturated heterocycles. The molecule has 0 spiro atoms. The number of hydrogen-bond donors (Lipinski definition) is 2. The first kappa shape index (κ1) is 15.0. The van der Waals surface area contributed by atoms with Gasteiger partial charge in [-0.05, 0) is 6.07 Å². The quantitative estimate of drug-likeness (QED) is 0.909. The first-order valence-electron chi connectivity index (χ1n) is 5.51. The minimum atomic E-state index is -2.97. The number of anilines is 1. The molecule has 1 heterocycles. The number of nitrogens with two attached hydrogens (primary N) is 2. The van der Waals surface area contributed by atoms with Gasteiger partial charge in [-0.1, -0.05) is 17.7 Å². The number of aromatic nitrogens is 2. The Balaban J connectivity index is 2.75. The highest BCUT2D eigenvalue weighted by molar-refractivity contribution is 6.31. The summed E-state index contributed by atoms with van der Waals surface area (Å²) in [5, 5.41) is -0.367. The van der Waals surface area contributed by atoms with Crippen molar-refractivity contribution in [1.29, 1.82) is 0 Å². The lowest BCUT2D eigenvalue weighted by Crippen LogP contribution is -2.17. The number of primary amides is 1. The number of alkyl halides is 2. The van der Waals surface area contributed by atoms with Crippen LogP contribution in [-0.2, 0) is 0 Å². The Morgan fingerprint density at radius 2 is 2.00 bits per heavy atom. The smallest absolute Gasteiger partial charge is 0.271 e. The predicted octanol–water partition coefficient (Wildman–Crippen LogP) is 2.55. The summed E-state index contributed by atoms with van der Waals surface area (Å²) in [4.78, 5) is 18.4. The molecule has 0 atom stereocenters. The van der Waals surface area contributed by atoms with E-state index in [1.54, 1.807) is 0 Å². The van der Waals surface area contributed by atoms with Crippen LogP contribution in [0.1, 0.15) is 22.5 Å². The normalized spacial score (nSPS) is 10.9. The summed E-state index contributed by atoms with van der Waals surface area (Å²) in [6, 6.07) is 1.97. The molecule has 2 aromatic rings. The molecule has 1 amide bonds. The van der Waals surface area contributed by atoms with Crippen molar-refractivity contribution < 1.29 is 18.0 Å². The van der Waals surface area contributed by atoms with Gasteiger partial charge >= 0.3 is 0 Å². The van der Waals surface area contributed by atoms with Crippen LogP contribution in [0.25, 0.3) is 11.3 Å². The topological polar surface area (TPSA) is 94.9 Å². The lowest BCUT2D eigenvalue weighted by molar-refractivity contribution is 0.0996. The molecule has 0 bridgehead atoms. The second-order valence-electron chi connectivity index (χ2n) is 3.98. The second kappa shape index (κ2) is 5.57. The molecule has 0 saturated carbocycles. The zero-order valence-electron chi connectivity index (χ0n) is 10.3. The van der Waals surface area contributed by atoms with E-state index in [0.717, 1.165) is 18.3 Å². The van der Waals surface area contributed by atoms with Crippen molar-refractivity contribution in [3.05, 3.63) is 40.4 Å². The van der Waals surface area contributed by atoms with Crippen molar-refractivity contribution in [3.63, 3.8) is 0 Å². The number of nitrogen functional groups attached to an aromatic ring is 1. The fourth-order valence-corrected chi connectivity index (χ4v) is 1.87. The van der Waals surface area contributed by atoms with Crippen LogP contribution in [-0.4, -0.2) is 15.9 Å². The molecule has 0 aliphatic carbocycles. The maximum Gasteiger partial charge on any atom is 0.271 e. The number of benzene rings is 1. The molecule has 0 unspecified atom stereocenters. The van der Waals surface area contributed by atoms with Crippen molar-refractivity contribution in [2.75, 3.05) is 5.73 Å². The van der Waals surface area contributed by atoms with Crippen molar-refractivity contribution in [1.82, 2.24) is 9.97 Å². The van der Waals surface area contributed by atoms with Crippen molar-refractivity contribution in [2.24, 2.45) is 5.73 Å². The number of carbonyl (C=O) groups is 1. The zero-order valence-corrected chi connectivity index (χ0v) is 11.0. The summed E-state index contributed by atoms with van der Waals surface area (Å²) in [6.07, 6.45) is -2.01. The van der Waals surface area contributed by atoms with E-state index in [4.69, 9.17) is 23.1 Å². The van der Waals surface area contributed by atoms with Gasteiger partial charge in [0, 0.05) is 11.1 Å². The SMILES string of the molecule is NC(=O)c1nc(-c2c(C(F)F)ccc(Cl)c2F)cnc1N. The average Bonchev–Trinajstić information content (AvgIpc) is 2.42. The molecule has 5 nitrogen and oxygen atoms in total. The van der Waals surface area contributed by atoms with E-state index in [0.29, 0.717) is 0 Å². The molecule has 110 valence electrons. The third-order valence-corrected chi connectivity index (χ3v) is 2.94. The Kier molecular flexibility index (Phi) is 3.99. The van der Waals surface area contributed by atoms with E-state index in [1.807, 2.05) is 0 Å². The van der Waals surface area contributed by atoms with E-state index in [1.165, 1.54) is 0 Å². The summed E-state index contributed by atoms with van der Waals surface area (Å²) < 4.78 is 40.0. The standard InChI is InChI=1S/C12H8ClF3N4O/c13-5-2-1-4(10(15)16)7(8(5)14)6-3-19-11(17)9(20-6)12(18)21/h1-3,10H,(H2,17,19)(H2,18,21). The van der Waals surface area contributed by atoms with Crippen molar-refractivity contribution in [3.8, 4) is 11.3 Å². The summed E-state index contributed by atoms with van der Waals surface area (Å²) in [6.45, 7) is 0. The Bertz CT molecular complexity index is 724. The molecule has 2 rings (SSSR count). The molecule has 21 heavy (non-hydrogen) atoms. The third kappa shape index (κ3) is 2.75. The highest BCUT2D eigenvalue weighted by atomic mass is 35.5. The highest BCUT2D eigenvalue weighted by Gasteiger charge is 2.23. The van der Waals surface area contributed by atoms with Gasteiger partial charge in [0.05, 0.1) is 16.9 Å². The number of nitrogens with zero attached hydrogens (tertiary/aromatic N) is 2. The minimum Gasteiger partial charge on any atom is -0.382 e. The van der Waals surface area contributed by atoms with Crippen LogP contribution < -0.4 is 11.5 Å². The van der Waals surface area contributed by atoms with E-state index in [-0.39, 0.29) is 16.5 Å². The zero-order chi connectivity index (χ0) is 15.7.